The number of hydrogen-bond donors (Lipinski definition) is 1. The van der Waals surface area contributed by atoms with Crippen LogP contribution in [0.25, 0.3) is 0 Å². The summed E-state index contributed by atoms with van der Waals surface area (Å²) in [5.74, 6) is -4.06. The zero-order valence-electron chi connectivity index (χ0n) is 7.53. The van der Waals surface area contributed by atoms with Gasteiger partial charge in [-0.1, -0.05) is 6.92 Å². The van der Waals surface area contributed by atoms with Crippen LogP contribution < -0.4 is 0 Å². The van der Waals surface area contributed by atoms with E-state index >= 15 is 0 Å². The van der Waals surface area contributed by atoms with E-state index in [1.807, 2.05) is 0 Å². The van der Waals surface area contributed by atoms with Crippen molar-refractivity contribution in [2.45, 2.75) is 39.5 Å². The second-order valence-corrected chi connectivity index (χ2v) is 3.58. The van der Waals surface area contributed by atoms with Crippen molar-refractivity contribution in [2.24, 2.45) is 5.41 Å². The topological polar surface area (TPSA) is 37.3 Å². The zero-order chi connectivity index (χ0) is 9.99. The Balaban J connectivity index is 4.34. The molecule has 0 aliphatic carbocycles. The van der Waals surface area contributed by atoms with E-state index in [1.165, 1.54) is 20.8 Å². The molecule has 0 aromatic carbocycles. The third kappa shape index (κ3) is 3.15. The van der Waals surface area contributed by atoms with E-state index in [9.17, 15) is 13.6 Å². The van der Waals surface area contributed by atoms with Crippen LogP contribution in [0.3, 0.4) is 0 Å². The van der Waals surface area contributed by atoms with Crippen molar-refractivity contribution < 1.29 is 18.7 Å². The maximum atomic E-state index is 12.7. The van der Waals surface area contributed by atoms with Crippen molar-refractivity contribution >= 4 is 5.97 Å². The molecule has 0 aliphatic rings. The van der Waals surface area contributed by atoms with Gasteiger partial charge in [0, 0.05) is 12.8 Å². The lowest BCUT2D eigenvalue weighted by Gasteiger charge is -2.24. The molecule has 0 aromatic rings. The zero-order valence-corrected chi connectivity index (χ0v) is 7.53. The van der Waals surface area contributed by atoms with E-state index in [0.29, 0.717) is 0 Å². The van der Waals surface area contributed by atoms with Gasteiger partial charge in [-0.2, -0.15) is 0 Å². The monoisotopic (exact) mass is 180 g/mol. The molecule has 0 saturated carbocycles. The second kappa shape index (κ2) is 3.37. The highest BCUT2D eigenvalue weighted by atomic mass is 19.3. The maximum absolute atomic E-state index is 12.7. The molecular formula is C8H14F2O2. The molecule has 0 heterocycles. The molecule has 0 fully saturated rings. The van der Waals surface area contributed by atoms with E-state index in [4.69, 9.17) is 5.11 Å². The van der Waals surface area contributed by atoms with Gasteiger partial charge in [0.1, 0.15) is 0 Å². The van der Waals surface area contributed by atoms with Gasteiger partial charge in [0.25, 0.3) is 0 Å². The fourth-order valence-electron chi connectivity index (χ4n) is 0.847. The minimum atomic E-state index is -2.87. The molecule has 12 heavy (non-hydrogen) atoms. The van der Waals surface area contributed by atoms with E-state index in [2.05, 4.69) is 0 Å². The van der Waals surface area contributed by atoms with Crippen molar-refractivity contribution in [1.82, 2.24) is 0 Å². The molecule has 4 heteroatoms. The molecule has 0 amide bonds. The lowest BCUT2D eigenvalue weighted by Crippen LogP contribution is -2.32. The Morgan fingerprint density at radius 3 is 2.08 bits per heavy atom. The maximum Gasteiger partial charge on any atom is 0.309 e. The molecule has 0 unspecified atom stereocenters. The van der Waals surface area contributed by atoms with Gasteiger partial charge in [-0.05, 0) is 13.8 Å². The number of aliphatic carboxylic acids is 1. The highest BCUT2D eigenvalue weighted by Gasteiger charge is 2.39. The predicted molar refractivity (Wildman–Crippen MR) is 41.3 cm³/mol. The summed E-state index contributed by atoms with van der Waals surface area (Å²) in [6.07, 6.45) is -0.921. The standard InChI is InChI=1S/C8H14F2O2/c1-4-8(9,10)5-7(2,3)6(11)12/h4-5H2,1-3H3,(H,11,12). The van der Waals surface area contributed by atoms with E-state index in [0.717, 1.165) is 0 Å². The normalized spacial score (nSPS) is 13.1. The van der Waals surface area contributed by atoms with Crippen LogP contribution in [0.5, 0.6) is 0 Å². The molecule has 0 saturated heterocycles. The Labute approximate surface area is 70.6 Å². The third-order valence-electron chi connectivity index (χ3n) is 1.80. The van der Waals surface area contributed by atoms with Crippen molar-refractivity contribution in [3.8, 4) is 0 Å². The summed E-state index contributed by atoms with van der Waals surface area (Å²) >= 11 is 0. The number of halogens is 2. The van der Waals surface area contributed by atoms with Crippen LogP contribution in [-0.2, 0) is 4.79 Å². The lowest BCUT2D eigenvalue weighted by atomic mass is 9.86. The number of carboxylic acid groups (broad SMARTS) is 1. The number of rotatable bonds is 4. The Bertz CT molecular complexity index is 176. The molecule has 0 atom stereocenters. The third-order valence-corrected chi connectivity index (χ3v) is 1.80. The first-order valence-electron chi connectivity index (χ1n) is 3.82. The molecule has 1 N–H and O–H groups in total. The Morgan fingerprint density at radius 2 is 1.83 bits per heavy atom. The molecule has 0 spiro atoms. The molecule has 0 aromatic heterocycles. The molecule has 0 aliphatic heterocycles. The van der Waals surface area contributed by atoms with Gasteiger partial charge in [-0.25, -0.2) is 8.78 Å². The Morgan fingerprint density at radius 1 is 1.42 bits per heavy atom. The van der Waals surface area contributed by atoms with Gasteiger partial charge in [0.15, 0.2) is 0 Å². The quantitative estimate of drug-likeness (QED) is 0.721. The fraction of sp³-hybridized carbons (Fsp3) is 0.875. The molecule has 2 nitrogen and oxygen atoms in total. The van der Waals surface area contributed by atoms with Gasteiger partial charge in [-0.15, -0.1) is 0 Å². The van der Waals surface area contributed by atoms with Gasteiger partial charge < -0.3 is 5.11 Å². The molecule has 0 radical (unpaired) electrons. The summed E-state index contributed by atoms with van der Waals surface area (Å²) in [5, 5.41) is 8.57. The van der Waals surface area contributed by atoms with Crippen molar-refractivity contribution in [3.63, 3.8) is 0 Å². The number of hydrogen-bond acceptors (Lipinski definition) is 1. The Hall–Kier alpha value is -0.670. The van der Waals surface area contributed by atoms with Crippen molar-refractivity contribution in [1.29, 1.82) is 0 Å². The summed E-state index contributed by atoms with van der Waals surface area (Å²) in [6.45, 7) is 3.95. The highest BCUT2D eigenvalue weighted by Crippen LogP contribution is 2.34. The fourth-order valence-corrected chi connectivity index (χ4v) is 0.847. The van der Waals surface area contributed by atoms with E-state index in [1.54, 1.807) is 0 Å². The number of alkyl halides is 2. The molecule has 0 bridgehead atoms. The van der Waals surface area contributed by atoms with Gasteiger partial charge >= 0.3 is 5.97 Å². The molecular weight excluding hydrogens is 166 g/mol. The summed E-state index contributed by atoms with van der Waals surface area (Å²) in [4.78, 5) is 10.5. The second-order valence-electron chi connectivity index (χ2n) is 3.58. The Kier molecular flexibility index (Phi) is 3.18. The van der Waals surface area contributed by atoms with Crippen molar-refractivity contribution in [2.75, 3.05) is 0 Å². The SMILES string of the molecule is CCC(F)(F)CC(C)(C)C(=O)O. The lowest BCUT2D eigenvalue weighted by molar-refractivity contribution is -0.152. The van der Waals surface area contributed by atoms with E-state index < -0.39 is 23.7 Å². The smallest absolute Gasteiger partial charge is 0.309 e. The van der Waals surface area contributed by atoms with Gasteiger partial charge in [-0.3, -0.25) is 4.79 Å². The molecule has 72 valence electrons. The minimum Gasteiger partial charge on any atom is -0.481 e. The number of carboxylic acids is 1. The summed E-state index contributed by atoms with van der Waals surface area (Å²) in [5.41, 5.74) is -1.35. The van der Waals surface area contributed by atoms with Crippen LogP contribution in [0, 0.1) is 5.41 Å². The van der Waals surface area contributed by atoms with Gasteiger partial charge in [0.05, 0.1) is 5.41 Å². The van der Waals surface area contributed by atoms with Crippen LogP contribution in [0.4, 0.5) is 8.78 Å². The highest BCUT2D eigenvalue weighted by molar-refractivity contribution is 5.73. The van der Waals surface area contributed by atoms with Crippen LogP contribution in [-0.4, -0.2) is 17.0 Å². The predicted octanol–water partition coefficient (Wildman–Crippen LogP) is 2.53. The van der Waals surface area contributed by atoms with E-state index in [-0.39, 0.29) is 6.42 Å². The van der Waals surface area contributed by atoms with Crippen LogP contribution in [0.1, 0.15) is 33.6 Å². The van der Waals surface area contributed by atoms with Crippen LogP contribution >= 0.6 is 0 Å². The van der Waals surface area contributed by atoms with Gasteiger partial charge in [0.2, 0.25) is 5.92 Å². The average molecular weight is 180 g/mol. The average Bonchev–Trinajstić information content (AvgIpc) is 1.85. The van der Waals surface area contributed by atoms with Crippen molar-refractivity contribution in [3.05, 3.63) is 0 Å². The number of carbonyl (C=O) groups is 1. The van der Waals surface area contributed by atoms with Crippen LogP contribution in [0.15, 0.2) is 0 Å². The summed E-state index contributed by atoms with van der Waals surface area (Å²) < 4.78 is 25.5. The summed E-state index contributed by atoms with van der Waals surface area (Å²) in [7, 11) is 0. The first kappa shape index (κ1) is 11.3. The minimum absolute atomic E-state index is 0.316. The summed E-state index contributed by atoms with van der Waals surface area (Å²) in [6, 6.07) is 0. The molecule has 0 rings (SSSR count). The van der Waals surface area contributed by atoms with Crippen LogP contribution in [0.2, 0.25) is 0 Å². The largest absolute Gasteiger partial charge is 0.481 e. The first-order valence-corrected chi connectivity index (χ1v) is 3.82. The first-order chi connectivity index (χ1) is 5.21.